The number of pyridine rings is 1. The molecule has 30 heavy (non-hydrogen) atoms. The van der Waals surface area contributed by atoms with Gasteiger partial charge in [0.15, 0.2) is 0 Å². The Hall–Kier alpha value is -2.67. The summed E-state index contributed by atoms with van der Waals surface area (Å²) in [4.78, 5) is 16.5. The van der Waals surface area contributed by atoms with Crippen molar-refractivity contribution in [3.8, 4) is 16.9 Å². The standard InChI is InChI=1S/C24H26N2O4/c27-20(12-26-10-18-13-29-14-19(18)11-26)15-30-21-7-16-3-1-2-4-22(16)23(8-21)17-5-6-24(28)25-9-17/h1-9,18-20,27H,10-15H2,(H,25,28)/t18-,19+,20?. The largest absolute Gasteiger partial charge is 0.491 e. The number of fused-ring (bicyclic) bond motifs is 2. The average molecular weight is 406 g/mol. The molecule has 6 heteroatoms. The van der Waals surface area contributed by atoms with Crippen LogP contribution in [0.4, 0.5) is 0 Å². The van der Waals surface area contributed by atoms with Crippen molar-refractivity contribution in [2.24, 2.45) is 11.8 Å². The highest BCUT2D eigenvalue weighted by Crippen LogP contribution is 2.33. The number of β-amino-alcohol motifs (C(OH)–C–C–N with tert-alkyl or cyclic N) is 1. The molecule has 1 unspecified atom stereocenters. The zero-order chi connectivity index (χ0) is 20.5. The van der Waals surface area contributed by atoms with Gasteiger partial charge >= 0.3 is 0 Å². The second kappa shape index (κ2) is 8.22. The molecule has 5 rings (SSSR count). The van der Waals surface area contributed by atoms with E-state index in [0.717, 1.165) is 48.2 Å². The van der Waals surface area contributed by atoms with E-state index in [0.29, 0.717) is 24.1 Å². The minimum Gasteiger partial charge on any atom is -0.491 e. The van der Waals surface area contributed by atoms with Crippen molar-refractivity contribution in [3.05, 3.63) is 65.1 Å². The Bertz CT molecular complexity index is 1060. The summed E-state index contributed by atoms with van der Waals surface area (Å²) in [5, 5.41) is 12.7. The van der Waals surface area contributed by atoms with Gasteiger partial charge in [-0.2, -0.15) is 0 Å². The summed E-state index contributed by atoms with van der Waals surface area (Å²) < 4.78 is 11.5. The van der Waals surface area contributed by atoms with Crippen molar-refractivity contribution in [1.82, 2.24) is 9.88 Å². The van der Waals surface area contributed by atoms with Crippen molar-refractivity contribution >= 4 is 10.8 Å². The van der Waals surface area contributed by atoms with Gasteiger partial charge in [-0.3, -0.25) is 9.69 Å². The number of aromatic nitrogens is 1. The van der Waals surface area contributed by atoms with Gasteiger partial charge in [0.25, 0.3) is 0 Å². The van der Waals surface area contributed by atoms with Gasteiger partial charge in [0.1, 0.15) is 18.5 Å². The van der Waals surface area contributed by atoms with E-state index in [-0.39, 0.29) is 12.2 Å². The average Bonchev–Trinajstić information content (AvgIpc) is 3.34. The van der Waals surface area contributed by atoms with Crippen molar-refractivity contribution in [2.75, 3.05) is 39.5 Å². The Kier molecular flexibility index (Phi) is 5.29. The van der Waals surface area contributed by atoms with E-state index in [9.17, 15) is 9.90 Å². The van der Waals surface area contributed by atoms with Crippen LogP contribution in [0.15, 0.2) is 59.5 Å². The highest BCUT2D eigenvalue weighted by Gasteiger charge is 2.37. The van der Waals surface area contributed by atoms with Crippen LogP contribution in [0.5, 0.6) is 5.75 Å². The monoisotopic (exact) mass is 406 g/mol. The number of rotatable bonds is 6. The summed E-state index contributed by atoms with van der Waals surface area (Å²) in [5.74, 6) is 1.93. The number of hydrogen-bond acceptors (Lipinski definition) is 5. The Morgan fingerprint density at radius 1 is 1.13 bits per heavy atom. The normalized spacial score (nSPS) is 22.3. The maximum Gasteiger partial charge on any atom is 0.247 e. The third kappa shape index (κ3) is 3.99. The first-order valence-electron chi connectivity index (χ1n) is 10.5. The van der Waals surface area contributed by atoms with Crippen LogP contribution in [0.1, 0.15) is 0 Å². The molecule has 0 amide bonds. The van der Waals surface area contributed by atoms with Crippen LogP contribution < -0.4 is 10.3 Å². The summed E-state index contributed by atoms with van der Waals surface area (Å²) in [6.45, 7) is 4.54. The van der Waals surface area contributed by atoms with Crippen molar-refractivity contribution in [3.63, 3.8) is 0 Å². The number of aromatic amines is 1. The van der Waals surface area contributed by atoms with Crippen LogP contribution in [0.2, 0.25) is 0 Å². The Balaban J connectivity index is 1.31. The Labute approximate surface area is 175 Å². The lowest BCUT2D eigenvalue weighted by molar-refractivity contribution is 0.0676. The summed E-state index contributed by atoms with van der Waals surface area (Å²) in [6, 6.07) is 15.4. The zero-order valence-electron chi connectivity index (χ0n) is 16.8. The lowest BCUT2D eigenvalue weighted by Gasteiger charge is -2.21. The van der Waals surface area contributed by atoms with Gasteiger partial charge in [-0.1, -0.05) is 24.3 Å². The first kappa shape index (κ1) is 19.3. The van der Waals surface area contributed by atoms with Gasteiger partial charge in [-0.05, 0) is 40.1 Å². The van der Waals surface area contributed by atoms with Crippen molar-refractivity contribution in [1.29, 1.82) is 0 Å². The molecule has 156 valence electrons. The van der Waals surface area contributed by atoms with Gasteiger partial charge in [-0.25, -0.2) is 0 Å². The molecule has 0 radical (unpaired) electrons. The van der Waals surface area contributed by atoms with Crippen LogP contribution >= 0.6 is 0 Å². The molecular weight excluding hydrogens is 380 g/mol. The summed E-state index contributed by atoms with van der Waals surface area (Å²) in [7, 11) is 0. The molecule has 2 aliphatic heterocycles. The first-order chi connectivity index (χ1) is 14.7. The second-order valence-electron chi connectivity index (χ2n) is 8.37. The number of nitrogens with zero attached hydrogens (tertiary/aromatic N) is 1. The van der Waals surface area contributed by atoms with Crippen LogP contribution in [0, 0.1) is 11.8 Å². The van der Waals surface area contributed by atoms with Crippen LogP contribution in [-0.2, 0) is 4.74 Å². The number of likely N-dealkylation sites (tertiary alicyclic amines) is 1. The Morgan fingerprint density at radius 3 is 2.70 bits per heavy atom. The van der Waals surface area contributed by atoms with E-state index in [4.69, 9.17) is 9.47 Å². The molecule has 3 atom stereocenters. The third-order valence-electron chi connectivity index (χ3n) is 6.16. The number of nitrogens with one attached hydrogen (secondary N) is 1. The molecule has 2 saturated heterocycles. The molecule has 3 heterocycles. The molecule has 2 aromatic carbocycles. The summed E-state index contributed by atoms with van der Waals surface area (Å²) >= 11 is 0. The van der Waals surface area contributed by atoms with Crippen LogP contribution in [0.25, 0.3) is 21.9 Å². The van der Waals surface area contributed by atoms with Gasteiger partial charge < -0.3 is 19.6 Å². The summed E-state index contributed by atoms with van der Waals surface area (Å²) in [5.41, 5.74) is 1.78. The zero-order valence-corrected chi connectivity index (χ0v) is 16.8. The lowest BCUT2D eigenvalue weighted by atomic mass is 9.99. The highest BCUT2D eigenvalue weighted by molar-refractivity contribution is 5.97. The summed E-state index contributed by atoms with van der Waals surface area (Å²) in [6.07, 6.45) is 1.17. The van der Waals surface area contributed by atoms with E-state index in [2.05, 4.69) is 16.0 Å². The fourth-order valence-corrected chi connectivity index (χ4v) is 4.66. The molecule has 3 aromatic rings. The van der Waals surface area contributed by atoms with Crippen molar-refractivity contribution < 1.29 is 14.6 Å². The molecule has 0 bridgehead atoms. The van der Waals surface area contributed by atoms with E-state index in [1.54, 1.807) is 6.20 Å². The Morgan fingerprint density at radius 2 is 1.93 bits per heavy atom. The fraction of sp³-hybridized carbons (Fsp3) is 0.375. The first-order valence-corrected chi connectivity index (χ1v) is 10.5. The maximum absolute atomic E-state index is 11.4. The fourth-order valence-electron chi connectivity index (χ4n) is 4.66. The second-order valence-corrected chi connectivity index (χ2v) is 8.37. The van der Waals surface area contributed by atoms with Crippen LogP contribution in [0.3, 0.4) is 0 Å². The number of ether oxygens (including phenoxy) is 2. The van der Waals surface area contributed by atoms with E-state index in [1.807, 2.05) is 36.4 Å². The molecule has 0 spiro atoms. The molecule has 0 saturated carbocycles. The third-order valence-corrected chi connectivity index (χ3v) is 6.16. The van der Waals surface area contributed by atoms with E-state index >= 15 is 0 Å². The smallest absolute Gasteiger partial charge is 0.247 e. The van der Waals surface area contributed by atoms with Gasteiger partial charge in [0.2, 0.25) is 5.56 Å². The maximum atomic E-state index is 11.4. The van der Waals surface area contributed by atoms with Crippen molar-refractivity contribution in [2.45, 2.75) is 6.10 Å². The number of aliphatic hydroxyl groups excluding tert-OH is 1. The molecule has 1 aromatic heterocycles. The predicted octanol–water partition coefficient (Wildman–Crippen LogP) is 2.51. The number of aliphatic hydroxyl groups is 1. The molecule has 2 fully saturated rings. The molecule has 0 aliphatic carbocycles. The van der Waals surface area contributed by atoms with Crippen LogP contribution in [-0.4, -0.2) is 60.5 Å². The van der Waals surface area contributed by atoms with E-state index in [1.165, 1.54) is 6.07 Å². The van der Waals surface area contributed by atoms with Gasteiger partial charge in [-0.15, -0.1) is 0 Å². The lowest BCUT2D eigenvalue weighted by Crippen LogP contribution is -2.35. The number of benzene rings is 2. The topological polar surface area (TPSA) is 74.8 Å². The SMILES string of the molecule is O=c1ccc(-c2cc(OCC(O)CN3C[C@H]4COC[C@H]4C3)cc3ccccc23)c[nH]1. The molecule has 2 aliphatic rings. The molecule has 2 N–H and O–H groups in total. The number of H-pyrrole nitrogens is 1. The number of hydrogen-bond donors (Lipinski definition) is 2. The molecular formula is C24H26N2O4. The predicted molar refractivity (Wildman–Crippen MR) is 116 cm³/mol. The van der Waals surface area contributed by atoms with Gasteiger partial charge in [0, 0.05) is 43.7 Å². The highest BCUT2D eigenvalue weighted by atomic mass is 16.5. The minimum absolute atomic E-state index is 0.129. The van der Waals surface area contributed by atoms with E-state index < -0.39 is 6.10 Å². The quantitative estimate of drug-likeness (QED) is 0.658. The minimum atomic E-state index is -0.548. The molecule has 6 nitrogen and oxygen atoms in total. The van der Waals surface area contributed by atoms with Gasteiger partial charge in [0.05, 0.1) is 13.2 Å².